The van der Waals surface area contributed by atoms with Gasteiger partial charge in [-0.3, -0.25) is 4.90 Å². The van der Waals surface area contributed by atoms with Crippen molar-refractivity contribution in [3.8, 4) is 0 Å². The SMILES string of the molecule is CCC(O)CCNC(=O)NCc1ccccc1CN1CCCC(C)C1. The molecule has 2 rings (SSSR count). The minimum atomic E-state index is -0.340. The Kier molecular flexibility index (Phi) is 8.22. The van der Waals surface area contributed by atoms with Crippen LogP contribution in [0.4, 0.5) is 4.79 Å². The van der Waals surface area contributed by atoms with E-state index in [1.54, 1.807) is 0 Å². The van der Waals surface area contributed by atoms with Crippen LogP contribution < -0.4 is 10.6 Å². The first-order valence-corrected chi connectivity index (χ1v) is 9.57. The summed E-state index contributed by atoms with van der Waals surface area (Å²) in [7, 11) is 0. The van der Waals surface area contributed by atoms with E-state index in [-0.39, 0.29) is 12.1 Å². The second-order valence-corrected chi connectivity index (χ2v) is 7.21. The third-order valence-corrected chi connectivity index (χ3v) is 4.93. The molecule has 5 nitrogen and oxygen atoms in total. The van der Waals surface area contributed by atoms with Crippen LogP contribution in [-0.2, 0) is 13.1 Å². The minimum absolute atomic E-state index is 0.176. The van der Waals surface area contributed by atoms with Crippen LogP contribution in [-0.4, -0.2) is 41.8 Å². The summed E-state index contributed by atoms with van der Waals surface area (Å²) < 4.78 is 0. The number of rotatable bonds is 8. The maximum atomic E-state index is 11.9. The molecule has 0 aromatic heterocycles. The average Bonchev–Trinajstić information content (AvgIpc) is 2.61. The molecule has 25 heavy (non-hydrogen) atoms. The van der Waals surface area contributed by atoms with E-state index in [1.807, 2.05) is 13.0 Å². The van der Waals surface area contributed by atoms with Crippen LogP contribution in [0.3, 0.4) is 0 Å². The molecule has 1 aromatic carbocycles. The van der Waals surface area contributed by atoms with Gasteiger partial charge < -0.3 is 15.7 Å². The third kappa shape index (κ3) is 7.04. The Bertz CT molecular complexity index is 535. The zero-order valence-corrected chi connectivity index (χ0v) is 15.6. The molecular weight excluding hydrogens is 314 g/mol. The predicted molar refractivity (Wildman–Crippen MR) is 101 cm³/mol. The molecule has 1 aliphatic heterocycles. The molecule has 140 valence electrons. The maximum Gasteiger partial charge on any atom is 0.315 e. The van der Waals surface area contributed by atoms with Crippen molar-refractivity contribution in [1.82, 2.24) is 15.5 Å². The van der Waals surface area contributed by atoms with Gasteiger partial charge in [-0.15, -0.1) is 0 Å². The molecule has 1 heterocycles. The van der Waals surface area contributed by atoms with Crippen LogP contribution in [0, 0.1) is 5.92 Å². The minimum Gasteiger partial charge on any atom is -0.393 e. The smallest absolute Gasteiger partial charge is 0.315 e. The summed E-state index contributed by atoms with van der Waals surface area (Å²) in [6.07, 6.45) is 3.56. The lowest BCUT2D eigenvalue weighted by Gasteiger charge is -2.31. The molecule has 0 radical (unpaired) electrons. The lowest BCUT2D eigenvalue weighted by Crippen LogP contribution is -2.37. The summed E-state index contributed by atoms with van der Waals surface area (Å²) in [4.78, 5) is 14.4. The van der Waals surface area contributed by atoms with Gasteiger partial charge in [-0.2, -0.15) is 0 Å². The number of benzene rings is 1. The number of hydrogen-bond donors (Lipinski definition) is 3. The maximum absolute atomic E-state index is 11.9. The molecule has 1 aliphatic rings. The van der Waals surface area contributed by atoms with Crippen molar-refractivity contribution < 1.29 is 9.90 Å². The fourth-order valence-corrected chi connectivity index (χ4v) is 3.35. The van der Waals surface area contributed by atoms with E-state index in [0.29, 0.717) is 25.9 Å². The number of aliphatic hydroxyl groups is 1. The molecule has 2 amide bonds. The zero-order valence-electron chi connectivity index (χ0n) is 15.6. The molecule has 0 bridgehead atoms. The van der Waals surface area contributed by atoms with Crippen LogP contribution in [0.2, 0.25) is 0 Å². The number of amides is 2. The highest BCUT2D eigenvalue weighted by Gasteiger charge is 2.17. The van der Waals surface area contributed by atoms with E-state index < -0.39 is 0 Å². The Balaban J connectivity index is 1.80. The van der Waals surface area contributed by atoms with E-state index in [0.717, 1.165) is 25.6 Å². The van der Waals surface area contributed by atoms with Crippen LogP contribution in [0.15, 0.2) is 24.3 Å². The fraction of sp³-hybridized carbons (Fsp3) is 0.650. The summed E-state index contributed by atoms with van der Waals surface area (Å²) in [6.45, 7) is 8.54. The molecule has 0 saturated carbocycles. The number of aliphatic hydroxyl groups excluding tert-OH is 1. The normalized spacial score (nSPS) is 19.4. The van der Waals surface area contributed by atoms with Crippen LogP contribution in [0.1, 0.15) is 50.7 Å². The highest BCUT2D eigenvalue weighted by Crippen LogP contribution is 2.19. The van der Waals surface area contributed by atoms with Gasteiger partial charge in [0.25, 0.3) is 0 Å². The third-order valence-electron chi connectivity index (χ3n) is 4.93. The second kappa shape index (κ2) is 10.4. The molecule has 2 atom stereocenters. The van der Waals surface area contributed by atoms with Crippen molar-refractivity contribution in [3.63, 3.8) is 0 Å². The summed E-state index contributed by atoms with van der Waals surface area (Å²) in [6, 6.07) is 8.16. The first-order chi connectivity index (χ1) is 12.1. The van der Waals surface area contributed by atoms with Crippen molar-refractivity contribution in [2.45, 2.75) is 58.7 Å². The van der Waals surface area contributed by atoms with Gasteiger partial charge in [-0.25, -0.2) is 4.79 Å². The fourth-order valence-electron chi connectivity index (χ4n) is 3.35. The average molecular weight is 348 g/mol. The summed E-state index contributed by atoms with van der Waals surface area (Å²) in [5.41, 5.74) is 2.46. The van der Waals surface area contributed by atoms with Crippen molar-refractivity contribution in [2.75, 3.05) is 19.6 Å². The number of nitrogens with zero attached hydrogens (tertiary/aromatic N) is 1. The van der Waals surface area contributed by atoms with Crippen molar-refractivity contribution in [2.24, 2.45) is 5.92 Å². The standard InChI is InChI=1S/C20H33N3O2/c1-3-19(24)10-11-21-20(25)22-13-17-8-4-5-9-18(17)15-23-12-6-7-16(2)14-23/h4-5,8-9,16,19,24H,3,6-7,10-15H2,1-2H3,(H2,21,22,25). The first-order valence-electron chi connectivity index (χ1n) is 9.57. The Morgan fingerprint density at radius 1 is 1.32 bits per heavy atom. The quantitative estimate of drug-likeness (QED) is 0.677. The molecule has 1 aromatic rings. The van der Waals surface area contributed by atoms with Gasteiger partial charge >= 0.3 is 6.03 Å². The Labute approximate surface area is 151 Å². The molecule has 3 N–H and O–H groups in total. The van der Waals surface area contributed by atoms with Gasteiger partial charge in [-0.05, 0) is 49.3 Å². The van der Waals surface area contributed by atoms with Gasteiger partial charge in [0.1, 0.15) is 0 Å². The lowest BCUT2D eigenvalue weighted by molar-refractivity contribution is 0.160. The van der Waals surface area contributed by atoms with Gasteiger partial charge in [0.05, 0.1) is 6.10 Å². The highest BCUT2D eigenvalue weighted by atomic mass is 16.3. The monoisotopic (exact) mass is 347 g/mol. The van der Waals surface area contributed by atoms with E-state index in [4.69, 9.17) is 0 Å². The molecule has 1 fully saturated rings. The van der Waals surface area contributed by atoms with Crippen molar-refractivity contribution in [1.29, 1.82) is 0 Å². The largest absolute Gasteiger partial charge is 0.393 e. The van der Waals surface area contributed by atoms with E-state index in [9.17, 15) is 9.90 Å². The lowest BCUT2D eigenvalue weighted by atomic mass is 9.99. The van der Waals surface area contributed by atoms with Crippen molar-refractivity contribution in [3.05, 3.63) is 35.4 Å². The molecule has 5 heteroatoms. The highest BCUT2D eigenvalue weighted by molar-refractivity contribution is 5.73. The van der Waals surface area contributed by atoms with E-state index in [2.05, 4.69) is 40.7 Å². The number of carbonyl (C=O) groups excluding carboxylic acids is 1. The van der Waals surface area contributed by atoms with Gasteiger partial charge in [0.2, 0.25) is 0 Å². The Hall–Kier alpha value is -1.59. The zero-order chi connectivity index (χ0) is 18.1. The number of carbonyl (C=O) groups is 1. The molecule has 0 spiro atoms. The predicted octanol–water partition coefficient (Wildman–Crippen LogP) is 2.88. The first kappa shape index (κ1) is 19.7. The number of likely N-dealkylation sites (tertiary alicyclic amines) is 1. The summed E-state index contributed by atoms with van der Waals surface area (Å²) in [5, 5.41) is 15.2. The van der Waals surface area contributed by atoms with Gasteiger partial charge in [0, 0.05) is 26.2 Å². The topological polar surface area (TPSA) is 64.6 Å². The number of piperidine rings is 1. The van der Waals surface area contributed by atoms with Crippen LogP contribution >= 0.6 is 0 Å². The second-order valence-electron chi connectivity index (χ2n) is 7.21. The molecular formula is C20H33N3O2. The molecule has 1 saturated heterocycles. The molecule has 0 aliphatic carbocycles. The van der Waals surface area contributed by atoms with Gasteiger partial charge in [0.15, 0.2) is 0 Å². The number of hydrogen-bond acceptors (Lipinski definition) is 3. The van der Waals surface area contributed by atoms with Crippen molar-refractivity contribution >= 4 is 6.03 Å². The van der Waals surface area contributed by atoms with E-state index in [1.165, 1.54) is 24.0 Å². The van der Waals surface area contributed by atoms with Gasteiger partial charge in [-0.1, -0.05) is 38.1 Å². The number of nitrogens with one attached hydrogen (secondary N) is 2. The Morgan fingerprint density at radius 3 is 2.80 bits per heavy atom. The van der Waals surface area contributed by atoms with Crippen LogP contribution in [0.25, 0.3) is 0 Å². The molecule has 2 unspecified atom stereocenters. The summed E-state index contributed by atoms with van der Waals surface area (Å²) >= 11 is 0. The number of urea groups is 1. The van der Waals surface area contributed by atoms with Crippen LogP contribution in [0.5, 0.6) is 0 Å². The Morgan fingerprint density at radius 2 is 2.08 bits per heavy atom. The van der Waals surface area contributed by atoms with E-state index >= 15 is 0 Å². The summed E-state index contributed by atoms with van der Waals surface area (Å²) in [5.74, 6) is 0.767.